The van der Waals surface area contributed by atoms with Crippen molar-refractivity contribution in [2.24, 2.45) is 0 Å². The number of halogens is 2. The number of aryl methyl sites for hydroxylation is 1. The Morgan fingerprint density at radius 2 is 2.05 bits per heavy atom. The third-order valence-electron chi connectivity index (χ3n) is 4.35. The van der Waals surface area contributed by atoms with E-state index in [1.807, 2.05) is 18.3 Å². The molecule has 0 atom stereocenters. The maximum atomic E-state index is 12.3. The summed E-state index contributed by atoms with van der Waals surface area (Å²) in [6, 6.07) is 3.63. The van der Waals surface area contributed by atoms with Crippen LogP contribution in [0.4, 0.5) is 5.69 Å². The second-order valence-electron chi connectivity index (χ2n) is 5.73. The Morgan fingerprint density at radius 3 is 2.91 bits per heavy atom. The molecule has 2 aliphatic rings. The van der Waals surface area contributed by atoms with Gasteiger partial charge in [0.15, 0.2) is 0 Å². The van der Waals surface area contributed by atoms with Crippen molar-refractivity contribution < 1.29 is 4.79 Å². The van der Waals surface area contributed by atoms with Crippen molar-refractivity contribution in [2.75, 3.05) is 5.32 Å². The van der Waals surface area contributed by atoms with Gasteiger partial charge in [0.1, 0.15) is 0 Å². The second kappa shape index (κ2) is 5.28. The van der Waals surface area contributed by atoms with Crippen LogP contribution in [0.15, 0.2) is 22.8 Å². The standard InChI is InChI=1S/C17H14BrClN2O/c18-14-7-10(19)6-12-13(17(22)21-16(12)14)5-9-8-20-15-4-2-1-3-11(9)15/h5-8,20H,1-4H2,(H,21,22). The molecule has 1 aliphatic heterocycles. The van der Waals surface area contributed by atoms with Gasteiger partial charge in [0.25, 0.3) is 5.91 Å². The number of aromatic amines is 1. The molecule has 2 heterocycles. The molecule has 4 rings (SSSR count). The van der Waals surface area contributed by atoms with Crippen molar-refractivity contribution in [3.8, 4) is 0 Å². The zero-order valence-electron chi connectivity index (χ0n) is 11.8. The molecule has 1 amide bonds. The summed E-state index contributed by atoms with van der Waals surface area (Å²) in [6.45, 7) is 0. The number of rotatable bonds is 1. The van der Waals surface area contributed by atoms with Crippen LogP contribution in [0.3, 0.4) is 0 Å². The fourth-order valence-corrected chi connectivity index (χ4v) is 4.19. The largest absolute Gasteiger partial charge is 0.364 e. The number of benzene rings is 1. The number of amides is 1. The van der Waals surface area contributed by atoms with Crippen LogP contribution in [-0.2, 0) is 17.6 Å². The zero-order valence-corrected chi connectivity index (χ0v) is 14.1. The topological polar surface area (TPSA) is 44.9 Å². The quantitative estimate of drug-likeness (QED) is 0.689. The van der Waals surface area contributed by atoms with Crippen molar-refractivity contribution >= 4 is 50.8 Å². The van der Waals surface area contributed by atoms with Crippen LogP contribution in [0.5, 0.6) is 0 Å². The maximum absolute atomic E-state index is 12.3. The summed E-state index contributed by atoms with van der Waals surface area (Å²) in [6.07, 6.45) is 8.60. The van der Waals surface area contributed by atoms with Gasteiger partial charge in [0, 0.05) is 32.5 Å². The molecule has 0 saturated carbocycles. The van der Waals surface area contributed by atoms with Crippen molar-refractivity contribution in [3.05, 3.63) is 50.2 Å². The first-order valence-corrected chi connectivity index (χ1v) is 8.52. The van der Waals surface area contributed by atoms with E-state index in [0.29, 0.717) is 10.6 Å². The highest BCUT2D eigenvalue weighted by Crippen LogP contribution is 2.41. The van der Waals surface area contributed by atoms with Crippen LogP contribution in [0, 0.1) is 0 Å². The third kappa shape index (κ3) is 2.22. The molecule has 5 heteroatoms. The van der Waals surface area contributed by atoms with Crippen molar-refractivity contribution in [2.45, 2.75) is 25.7 Å². The zero-order chi connectivity index (χ0) is 15.3. The molecule has 1 aromatic carbocycles. The lowest BCUT2D eigenvalue weighted by atomic mass is 9.94. The van der Waals surface area contributed by atoms with E-state index in [-0.39, 0.29) is 5.91 Å². The van der Waals surface area contributed by atoms with Gasteiger partial charge in [-0.2, -0.15) is 0 Å². The van der Waals surface area contributed by atoms with Gasteiger partial charge in [-0.25, -0.2) is 0 Å². The van der Waals surface area contributed by atoms with Crippen molar-refractivity contribution in [3.63, 3.8) is 0 Å². The first-order valence-electron chi connectivity index (χ1n) is 7.35. The first-order chi connectivity index (χ1) is 10.6. The Balaban J connectivity index is 1.84. The number of hydrogen-bond donors (Lipinski definition) is 2. The van der Waals surface area contributed by atoms with Gasteiger partial charge in [-0.1, -0.05) is 11.6 Å². The Morgan fingerprint density at radius 1 is 1.23 bits per heavy atom. The summed E-state index contributed by atoms with van der Waals surface area (Å²) in [5.41, 5.74) is 6.10. The van der Waals surface area contributed by atoms with Crippen molar-refractivity contribution in [1.82, 2.24) is 4.98 Å². The summed E-state index contributed by atoms with van der Waals surface area (Å²) < 4.78 is 0.808. The summed E-state index contributed by atoms with van der Waals surface area (Å²) in [4.78, 5) is 15.7. The highest BCUT2D eigenvalue weighted by Gasteiger charge is 2.27. The van der Waals surface area contributed by atoms with E-state index >= 15 is 0 Å². The number of H-pyrrole nitrogens is 1. The molecule has 2 N–H and O–H groups in total. The summed E-state index contributed by atoms with van der Waals surface area (Å²) in [7, 11) is 0. The molecule has 112 valence electrons. The molecular weight excluding hydrogens is 364 g/mol. The molecule has 3 nitrogen and oxygen atoms in total. The molecule has 0 fully saturated rings. The first kappa shape index (κ1) is 14.1. The van der Waals surface area contributed by atoms with Gasteiger partial charge < -0.3 is 10.3 Å². The Kier molecular flexibility index (Phi) is 3.39. The normalized spacial score (nSPS) is 18.3. The fourth-order valence-electron chi connectivity index (χ4n) is 3.28. The van der Waals surface area contributed by atoms with Gasteiger partial charge in [-0.15, -0.1) is 0 Å². The van der Waals surface area contributed by atoms with E-state index in [2.05, 4.69) is 26.2 Å². The van der Waals surface area contributed by atoms with E-state index in [0.717, 1.165) is 34.1 Å². The molecular formula is C17H14BrClN2O. The highest BCUT2D eigenvalue weighted by molar-refractivity contribution is 9.10. The van der Waals surface area contributed by atoms with Crippen LogP contribution in [0.25, 0.3) is 11.6 Å². The predicted molar refractivity (Wildman–Crippen MR) is 93.1 cm³/mol. The van der Waals surface area contributed by atoms with Crippen LogP contribution in [0.2, 0.25) is 5.02 Å². The Bertz CT molecular complexity index is 822. The number of aromatic nitrogens is 1. The van der Waals surface area contributed by atoms with Crippen LogP contribution in [0.1, 0.15) is 35.2 Å². The molecule has 1 aromatic heterocycles. The highest BCUT2D eigenvalue weighted by atomic mass is 79.9. The summed E-state index contributed by atoms with van der Waals surface area (Å²) in [5, 5.41) is 3.53. The number of carbonyl (C=O) groups is 1. The van der Waals surface area contributed by atoms with Crippen LogP contribution < -0.4 is 5.32 Å². The minimum atomic E-state index is -0.0799. The number of hydrogen-bond acceptors (Lipinski definition) is 1. The fraction of sp³-hybridized carbons (Fsp3) is 0.235. The van der Waals surface area contributed by atoms with Gasteiger partial charge in [0.05, 0.1) is 5.69 Å². The van der Waals surface area contributed by atoms with Crippen molar-refractivity contribution in [1.29, 1.82) is 0 Å². The monoisotopic (exact) mass is 376 g/mol. The average Bonchev–Trinajstić information content (AvgIpc) is 3.03. The number of carbonyl (C=O) groups excluding carboxylic acids is 1. The van der Waals surface area contributed by atoms with Crippen LogP contribution >= 0.6 is 27.5 Å². The maximum Gasteiger partial charge on any atom is 0.256 e. The number of anilines is 1. The molecule has 1 aliphatic carbocycles. The van der Waals surface area contributed by atoms with Gasteiger partial charge >= 0.3 is 0 Å². The van der Waals surface area contributed by atoms with Crippen LogP contribution in [-0.4, -0.2) is 10.9 Å². The van der Waals surface area contributed by atoms with Gasteiger partial charge in [-0.3, -0.25) is 4.79 Å². The van der Waals surface area contributed by atoms with E-state index in [1.54, 1.807) is 6.07 Å². The predicted octanol–water partition coefficient (Wildman–Crippen LogP) is 4.80. The summed E-state index contributed by atoms with van der Waals surface area (Å²) in [5.74, 6) is -0.0799. The second-order valence-corrected chi connectivity index (χ2v) is 7.02. The van der Waals surface area contributed by atoms with E-state index in [9.17, 15) is 4.79 Å². The lowest BCUT2D eigenvalue weighted by molar-refractivity contribution is -0.110. The SMILES string of the molecule is O=C1Nc2c(Br)cc(Cl)cc2C1=Cc1c[nH]c2c1CCCC2. The molecule has 2 aromatic rings. The summed E-state index contributed by atoms with van der Waals surface area (Å²) >= 11 is 9.59. The van der Waals surface area contributed by atoms with E-state index in [4.69, 9.17) is 11.6 Å². The molecule has 0 unspecified atom stereocenters. The lowest BCUT2D eigenvalue weighted by Gasteiger charge is -2.11. The molecule has 0 bridgehead atoms. The van der Waals surface area contributed by atoms with E-state index < -0.39 is 0 Å². The smallest absolute Gasteiger partial charge is 0.256 e. The average molecular weight is 378 g/mol. The number of fused-ring (bicyclic) bond motifs is 2. The minimum absolute atomic E-state index is 0.0799. The minimum Gasteiger partial charge on any atom is -0.364 e. The molecule has 0 radical (unpaired) electrons. The van der Waals surface area contributed by atoms with Gasteiger partial charge in [0.2, 0.25) is 0 Å². The molecule has 0 spiro atoms. The van der Waals surface area contributed by atoms with E-state index in [1.165, 1.54) is 24.1 Å². The Hall–Kier alpha value is -1.52. The molecule has 0 saturated heterocycles. The molecule has 22 heavy (non-hydrogen) atoms. The Labute approximate surface area is 141 Å². The van der Waals surface area contributed by atoms with Gasteiger partial charge in [-0.05, 0) is 70.9 Å². The number of nitrogens with one attached hydrogen (secondary N) is 2. The third-order valence-corrected chi connectivity index (χ3v) is 5.19. The lowest BCUT2D eigenvalue weighted by Crippen LogP contribution is -2.04.